The lowest BCUT2D eigenvalue weighted by atomic mass is 10.2. The van der Waals surface area contributed by atoms with Gasteiger partial charge in [0.25, 0.3) is 0 Å². The Bertz CT molecular complexity index is 1160. The first kappa shape index (κ1) is 24.8. The molecule has 0 bridgehead atoms. The molecular weight excluding hydrogens is 473 g/mol. The lowest BCUT2D eigenvalue weighted by Crippen LogP contribution is -2.49. The average molecular weight is 504 g/mol. The second kappa shape index (κ2) is 11.4. The number of hydrogen-bond acceptors (Lipinski definition) is 6. The van der Waals surface area contributed by atoms with Gasteiger partial charge in [-0.15, -0.1) is 11.3 Å². The van der Waals surface area contributed by atoms with Crippen LogP contribution < -0.4 is 4.74 Å². The molecule has 3 aromatic rings. The number of benzene rings is 2. The Kier molecular flexibility index (Phi) is 8.33. The smallest absolute Gasteiger partial charge is 0.246 e. The standard InChI is InChI=1S/C25H30FN3O3S2/c1-27(20-23-8-5-17-33-23)19-21-6-4-7-22(18-21)32-16-15-28-11-13-29(14-12-28)34(30,31)25-10-3-2-9-24(25)26/h2-10,17-18H,11-16,19-20H2,1H3. The molecule has 1 aromatic heterocycles. The van der Waals surface area contributed by atoms with Crippen molar-refractivity contribution in [2.24, 2.45) is 0 Å². The van der Waals surface area contributed by atoms with E-state index in [0.717, 1.165) is 18.8 Å². The quantitative estimate of drug-likeness (QED) is 0.420. The van der Waals surface area contributed by atoms with Gasteiger partial charge < -0.3 is 4.74 Å². The Balaban J connectivity index is 1.22. The third-order valence-electron chi connectivity index (χ3n) is 5.82. The highest BCUT2D eigenvalue weighted by molar-refractivity contribution is 7.89. The highest BCUT2D eigenvalue weighted by Gasteiger charge is 2.30. The van der Waals surface area contributed by atoms with E-state index in [-0.39, 0.29) is 4.90 Å². The lowest BCUT2D eigenvalue weighted by Gasteiger charge is -2.33. The lowest BCUT2D eigenvalue weighted by molar-refractivity contribution is 0.158. The van der Waals surface area contributed by atoms with Crippen LogP contribution in [0.1, 0.15) is 10.4 Å². The van der Waals surface area contributed by atoms with E-state index in [1.165, 1.54) is 32.9 Å². The summed E-state index contributed by atoms with van der Waals surface area (Å²) < 4.78 is 46.8. The number of halogens is 1. The molecule has 2 aromatic carbocycles. The fourth-order valence-corrected chi connectivity index (χ4v) is 6.32. The molecule has 182 valence electrons. The van der Waals surface area contributed by atoms with E-state index >= 15 is 0 Å². The summed E-state index contributed by atoms with van der Waals surface area (Å²) in [7, 11) is -1.70. The molecule has 1 aliphatic rings. The first-order valence-electron chi connectivity index (χ1n) is 11.3. The Labute approximate surface area is 205 Å². The third kappa shape index (κ3) is 6.43. The van der Waals surface area contributed by atoms with Crippen molar-refractivity contribution >= 4 is 21.4 Å². The zero-order chi connectivity index (χ0) is 24.0. The van der Waals surface area contributed by atoms with Crippen molar-refractivity contribution in [3.8, 4) is 5.75 Å². The van der Waals surface area contributed by atoms with Gasteiger partial charge in [-0.25, -0.2) is 12.8 Å². The molecule has 0 atom stereocenters. The Hall–Kier alpha value is -2.30. The Morgan fingerprint density at radius 3 is 2.53 bits per heavy atom. The maximum absolute atomic E-state index is 14.0. The van der Waals surface area contributed by atoms with Crippen LogP contribution in [-0.2, 0) is 23.1 Å². The largest absolute Gasteiger partial charge is 0.492 e. The topological polar surface area (TPSA) is 53.1 Å². The maximum Gasteiger partial charge on any atom is 0.246 e. The zero-order valence-corrected chi connectivity index (χ0v) is 20.9. The number of sulfonamides is 1. The minimum absolute atomic E-state index is 0.257. The van der Waals surface area contributed by atoms with Gasteiger partial charge in [0.2, 0.25) is 10.0 Å². The number of hydrogen-bond donors (Lipinski definition) is 0. The number of piperazine rings is 1. The van der Waals surface area contributed by atoms with Gasteiger partial charge in [0.05, 0.1) is 0 Å². The van der Waals surface area contributed by atoms with Gasteiger partial charge in [-0.3, -0.25) is 9.80 Å². The van der Waals surface area contributed by atoms with Gasteiger partial charge in [-0.2, -0.15) is 4.31 Å². The average Bonchev–Trinajstić information content (AvgIpc) is 3.33. The van der Waals surface area contributed by atoms with E-state index in [1.54, 1.807) is 17.4 Å². The summed E-state index contributed by atoms with van der Waals surface area (Å²) in [5, 5.41) is 2.10. The molecule has 1 aliphatic heterocycles. The normalized spacial score (nSPS) is 15.6. The van der Waals surface area contributed by atoms with Gasteiger partial charge in [-0.1, -0.05) is 30.3 Å². The number of rotatable bonds is 10. The van der Waals surface area contributed by atoms with Crippen molar-refractivity contribution in [3.05, 3.63) is 82.3 Å². The summed E-state index contributed by atoms with van der Waals surface area (Å²) in [5.74, 6) is 0.126. The second-order valence-corrected chi connectivity index (χ2v) is 11.4. The number of thiophene rings is 1. The third-order valence-corrected chi connectivity index (χ3v) is 8.61. The predicted molar refractivity (Wildman–Crippen MR) is 133 cm³/mol. The zero-order valence-electron chi connectivity index (χ0n) is 19.3. The predicted octanol–water partition coefficient (Wildman–Crippen LogP) is 3.90. The fraction of sp³-hybridized carbons (Fsp3) is 0.360. The molecular formula is C25H30FN3O3S2. The van der Waals surface area contributed by atoms with Crippen LogP contribution >= 0.6 is 11.3 Å². The van der Waals surface area contributed by atoms with Crippen LogP contribution in [0.3, 0.4) is 0 Å². The maximum atomic E-state index is 14.0. The SMILES string of the molecule is CN(Cc1cccc(OCCN2CCN(S(=O)(=O)c3ccccc3F)CC2)c1)Cc1cccs1. The molecule has 0 N–H and O–H groups in total. The van der Waals surface area contributed by atoms with E-state index < -0.39 is 15.8 Å². The second-order valence-electron chi connectivity index (χ2n) is 8.42. The molecule has 0 radical (unpaired) electrons. The molecule has 0 aliphatic carbocycles. The van der Waals surface area contributed by atoms with E-state index in [2.05, 4.69) is 46.5 Å². The van der Waals surface area contributed by atoms with Crippen LogP contribution in [0, 0.1) is 5.82 Å². The summed E-state index contributed by atoms with van der Waals surface area (Å²) in [6.45, 7) is 4.83. The number of nitrogens with zero attached hydrogens (tertiary/aromatic N) is 3. The van der Waals surface area contributed by atoms with Crippen LogP contribution in [0.2, 0.25) is 0 Å². The van der Waals surface area contributed by atoms with Gasteiger partial charge in [0, 0.05) is 50.7 Å². The summed E-state index contributed by atoms with van der Waals surface area (Å²) >= 11 is 1.77. The fourth-order valence-electron chi connectivity index (χ4n) is 4.05. The highest BCUT2D eigenvalue weighted by atomic mass is 32.2. The van der Waals surface area contributed by atoms with Crippen molar-refractivity contribution in [2.75, 3.05) is 46.4 Å². The molecule has 1 fully saturated rings. The van der Waals surface area contributed by atoms with Crippen molar-refractivity contribution in [1.82, 2.24) is 14.1 Å². The van der Waals surface area contributed by atoms with Crippen molar-refractivity contribution in [3.63, 3.8) is 0 Å². The molecule has 9 heteroatoms. The Morgan fingerprint density at radius 1 is 1.00 bits per heavy atom. The molecule has 6 nitrogen and oxygen atoms in total. The molecule has 4 rings (SSSR count). The summed E-state index contributed by atoms with van der Waals surface area (Å²) in [6.07, 6.45) is 0. The molecule has 0 saturated carbocycles. The molecule has 1 saturated heterocycles. The van der Waals surface area contributed by atoms with Crippen molar-refractivity contribution in [2.45, 2.75) is 18.0 Å². The number of ether oxygens (including phenoxy) is 1. The van der Waals surface area contributed by atoms with Crippen LogP contribution in [0.15, 0.2) is 70.9 Å². The van der Waals surface area contributed by atoms with Crippen LogP contribution in [-0.4, -0.2) is 68.9 Å². The summed E-state index contributed by atoms with van der Waals surface area (Å²) in [4.78, 5) is 5.54. The highest BCUT2D eigenvalue weighted by Crippen LogP contribution is 2.21. The minimum Gasteiger partial charge on any atom is -0.492 e. The molecule has 2 heterocycles. The monoisotopic (exact) mass is 503 g/mol. The van der Waals surface area contributed by atoms with E-state index in [1.807, 2.05) is 12.1 Å². The van der Waals surface area contributed by atoms with Crippen LogP contribution in [0.4, 0.5) is 4.39 Å². The first-order chi connectivity index (χ1) is 16.4. The Morgan fingerprint density at radius 2 is 1.79 bits per heavy atom. The van der Waals surface area contributed by atoms with Gasteiger partial charge in [-0.05, 0) is 48.3 Å². The van der Waals surface area contributed by atoms with Crippen molar-refractivity contribution < 1.29 is 17.5 Å². The van der Waals surface area contributed by atoms with Gasteiger partial charge in [0.15, 0.2) is 0 Å². The molecule has 0 amide bonds. The van der Waals surface area contributed by atoms with E-state index in [0.29, 0.717) is 39.3 Å². The van der Waals surface area contributed by atoms with Crippen LogP contribution in [0.25, 0.3) is 0 Å². The summed E-state index contributed by atoms with van der Waals surface area (Å²) in [6, 6.07) is 17.9. The van der Waals surface area contributed by atoms with E-state index in [4.69, 9.17) is 4.74 Å². The molecule has 34 heavy (non-hydrogen) atoms. The van der Waals surface area contributed by atoms with Gasteiger partial charge >= 0.3 is 0 Å². The summed E-state index contributed by atoms with van der Waals surface area (Å²) in [5.41, 5.74) is 1.20. The van der Waals surface area contributed by atoms with E-state index in [9.17, 15) is 12.8 Å². The molecule has 0 spiro atoms. The first-order valence-corrected chi connectivity index (χ1v) is 13.6. The molecule has 0 unspecified atom stereocenters. The van der Waals surface area contributed by atoms with Crippen LogP contribution in [0.5, 0.6) is 5.75 Å². The van der Waals surface area contributed by atoms with Gasteiger partial charge in [0.1, 0.15) is 23.1 Å². The minimum atomic E-state index is -3.81. The van der Waals surface area contributed by atoms with Crippen molar-refractivity contribution in [1.29, 1.82) is 0 Å².